The van der Waals surface area contributed by atoms with Gasteiger partial charge >= 0.3 is 0 Å². The first-order chi connectivity index (χ1) is 13.5. The third kappa shape index (κ3) is 3.64. The maximum Gasteiger partial charge on any atom is 0.182 e. The van der Waals surface area contributed by atoms with Crippen LogP contribution in [-0.4, -0.2) is 20.0 Å². The van der Waals surface area contributed by atoms with Crippen molar-refractivity contribution < 1.29 is 0 Å². The summed E-state index contributed by atoms with van der Waals surface area (Å²) in [6, 6.07) is 15.1. The summed E-state index contributed by atoms with van der Waals surface area (Å²) < 4.78 is 1.77. The molecule has 2 aromatic carbocycles. The van der Waals surface area contributed by atoms with E-state index >= 15 is 0 Å². The van der Waals surface area contributed by atoms with Crippen molar-refractivity contribution >= 4 is 38.8 Å². The number of halogens is 1. The zero-order valence-electron chi connectivity index (χ0n) is 15.2. The Kier molecular flexibility index (Phi) is 4.89. The number of aryl methyl sites for hydroxylation is 1. The largest absolute Gasteiger partial charge is 0.375 e. The highest BCUT2D eigenvalue weighted by Crippen LogP contribution is 2.38. The van der Waals surface area contributed by atoms with Crippen LogP contribution in [0.25, 0.3) is 17.1 Å². The lowest BCUT2D eigenvalue weighted by atomic mass is 10.2. The van der Waals surface area contributed by atoms with Gasteiger partial charge in [-0.25, -0.2) is 9.67 Å². The van der Waals surface area contributed by atoms with Crippen molar-refractivity contribution in [2.45, 2.75) is 13.8 Å². The lowest BCUT2D eigenvalue weighted by Crippen LogP contribution is -1.99. The van der Waals surface area contributed by atoms with Gasteiger partial charge in [0.2, 0.25) is 0 Å². The minimum Gasteiger partial charge on any atom is -0.375 e. The molecule has 0 spiro atoms. The number of nitrogens with two attached hydrogens (primary N) is 1. The van der Waals surface area contributed by atoms with Crippen molar-refractivity contribution in [2.75, 3.05) is 5.73 Å². The molecule has 0 saturated carbocycles. The van der Waals surface area contributed by atoms with Crippen molar-refractivity contribution in [1.82, 2.24) is 20.0 Å². The molecular formula is C19H16ClN7S. The molecule has 0 saturated heterocycles. The average molecular weight is 410 g/mol. The predicted octanol–water partition coefficient (Wildman–Crippen LogP) is 5.66. The lowest BCUT2D eigenvalue weighted by molar-refractivity contribution is 0.785. The number of rotatable bonds is 4. The smallest absolute Gasteiger partial charge is 0.182 e. The first-order valence-electron chi connectivity index (χ1n) is 8.44. The second kappa shape index (κ2) is 7.49. The maximum atomic E-state index is 5.92. The van der Waals surface area contributed by atoms with Crippen LogP contribution in [0, 0.1) is 13.8 Å². The minimum absolute atomic E-state index is 0.393. The zero-order valence-corrected chi connectivity index (χ0v) is 16.7. The van der Waals surface area contributed by atoms with E-state index in [4.69, 9.17) is 17.3 Å². The molecule has 2 N–H and O–H groups in total. The van der Waals surface area contributed by atoms with Crippen LogP contribution in [0.1, 0.15) is 11.3 Å². The Balaban J connectivity index is 1.70. The Hall–Kier alpha value is -3.10. The van der Waals surface area contributed by atoms with Crippen molar-refractivity contribution in [2.24, 2.45) is 10.2 Å². The minimum atomic E-state index is 0.393. The Morgan fingerprint density at radius 2 is 1.68 bits per heavy atom. The number of nitrogens with zero attached hydrogens (tertiary/aromatic N) is 6. The van der Waals surface area contributed by atoms with E-state index in [-0.39, 0.29) is 0 Å². The van der Waals surface area contributed by atoms with Gasteiger partial charge in [-0.2, -0.15) is 0 Å². The molecule has 2 heterocycles. The van der Waals surface area contributed by atoms with Crippen LogP contribution in [0.4, 0.5) is 15.8 Å². The molecule has 7 nitrogen and oxygen atoms in total. The third-order valence-electron chi connectivity index (χ3n) is 4.11. The van der Waals surface area contributed by atoms with Crippen molar-refractivity contribution in [3.8, 4) is 17.1 Å². The Bertz CT molecular complexity index is 1140. The number of aromatic nitrogens is 4. The maximum absolute atomic E-state index is 5.92. The SMILES string of the molecule is Cc1ccc(-n2nnc(-c3nc(N)sc3N=Nc3ccc(Cl)cc3)c2C)cc1. The fourth-order valence-corrected chi connectivity index (χ4v) is 3.42. The van der Waals surface area contributed by atoms with Gasteiger partial charge in [-0.05, 0) is 50.2 Å². The van der Waals surface area contributed by atoms with E-state index in [1.165, 1.54) is 16.9 Å². The van der Waals surface area contributed by atoms with Crippen LogP contribution in [0.2, 0.25) is 5.02 Å². The van der Waals surface area contributed by atoms with Crippen LogP contribution in [0.5, 0.6) is 0 Å². The van der Waals surface area contributed by atoms with Crippen LogP contribution in [0.3, 0.4) is 0 Å². The molecule has 0 fully saturated rings. The molecule has 28 heavy (non-hydrogen) atoms. The molecule has 0 aliphatic rings. The molecule has 140 valence electrons. The van der Waals surface area contributed by atoms with Gasteiger partial charge in [0.1, 0.15) is 11.4 Å². The molecule has 0 radical (unpaired) electrons. The highest BCUT2D eigenvalue weighted by molar-refractivity contribution is 7.19. The van der Waals surface area contributed by atoms with Crippen molar-refractivity contribution in [3.05, 3.63) is 64.8 Å². The molecule has 0 aliphatic heterocycles. The predicted molar refractivity (Wildman–Crippen MR) is 112 cm³/mol. The summed E-state index contributed by atoms with van der Waals surface area (Å²) in [5.74, 6) is 0. The second-order valence-corrected chi connectivity index (χ2v) is 7.60. The quantitative estimate of drug-likeness (QED) is 0.440. The molecule has 0 atom stereocenters. The number of azo groups is 1. The number of hydrogen-bond donors (Lipinski definition) is 1. The van der Waals surface area contributed by atoms with E-state index in [1.54, 1.807) is 28.9 Å². The van der Waals surface area contributed by atoms with E-state index in [0.717, 1.165) is 11.4 Å². The summed E-state index contributed by atoms with van der Waals surface area (Å²) in [5, 5.41) is 18.8. The van der Waals surface area contributed by atoms with E-state index in [9.17, 15) is 0 Å². The Morgan fingerprint density at radius 1 is 0.964 bits per heavy atom. The first-order valence-corrected chi connectivity index (χ1v) is 9.64. The number of hydrogen-bond acceptors (Lipinski definition) is 7. The molecule has 4 aromatic rings. The molecule has 0 aliphatic carbocycles. The number of anilines is 1. The number of thiazole rings is 1. The van der Waals surface area contributed by atoms with Crippen LogP contribution >= 0.6 is 22.9 Å². The summed E-state index contributed by atoms with van der Waals surface area (Å²) in [6.07, 6.45) is 0. The first kappa shape index (κ1) is 18.3. The van der Waals surface area contributed by atoms with Gasteiger partial charge in [0, 0.05) is 5.02 Å². The zero-order chi connectivity index (χ0) is 19.7. The molecule has 0 unspecified atom stereocenters. The van der Waals surface area contributed by atoms with Gasteiger partial charge in [-0.3, -0.25) is 0 Å². The highest BCUT2D eigenvalue weighted by Gasteiger charge is 2.19. The van der Waals surface area contributed by atoms with Gasteiger partial charge in [0.25, 0.3) is 0 Å². The Morgan fingerprint density at radius 3 is 2.39 bits per heavy atom. The Labute approximate surface area is 170 Å². The molecule has 9 heteroatoms. The van der Waals surface area contributed by atoms with Gasteiger partial charge in [-0.1, -0.05) is 45.8 Å². The number of benzene rings is 2. The van der Waals surface area contributed by atoms with Gasteiger partial charge in [0.15, 0.2) is 10.1 Å². The summed E-state index contributed by atoms with van der Waals surface area (Å²) in [7, 11) is 0. The standard InChI is InChI=1S/C19H16ClN7S/c1-11-3-9-15(10-4-11)27-12(2)16(24-26-27)17-18(28-19(21)22-17)25-23-14-7-5-13(20)6-8-14/h3-10H,1-2H3,(H2,21,22). The lowest BCUT2D eigenvalue weighted by Gasteiger charge is -2.03. The molecule has 0 bridgehead atoms. The summed E-state index contributed by atoms with van der Waals surface area (Å²) in [5.41, 5.74) is 10.7. The van der Waals surface area contributed by atoms with Crippen molar-refractivity contribution in [1.29, 1.82) is 0 Å². The molecule has 2 aromatic heterocycles. The van der Waals surface area contributed by atoms with Crippen molar-refractivity contribution in [3.63, 3.8) is 0 Å². The molecular weight excluding hydrogens is 394 g/mol. The fourth-order valence-electron chi connectivity index (χ4n) is 2.64. The summed E-state index contributed by atoms with van der Waals surface area (Å²) >= 11 is 7.15. The normalized spacial score (nSPS) is 11.4. The molecule has 0 amide bonds. The average Bonchev–Trinajstić information content (AvgIpc) is 3.24. The topological polar surface area (TPSA) is 94.3 Å². The monoisotopic (exact) mass is 409 g/mol. The van der Waals surface area contributed by atoms with Gasteiger partial charge in [0.05, 0.1) is 17.1 Å². The van der Waals surface area contributed by atoms with Crippen LogP contribution < -0.4 is 5.73 Å². The summed E-state index contributed by atoms with van der Waals surface area (Å²) in [6.45, 7) is 3.98. The second-order valence-electron chi connectivity index (χ2n) is 6.15. The fraction of sp³-hybridized carbons (Fsp3) is 0.105. The van der Waals surface area contributed by atoms with Gasteiger partial charge in [-0.15, -0.1) is 15.3 Å². The van der Waals surface area contributed by atoms with E-state index in [2.05, 4.69) is 25.5 Å². The number of nitrogen functional groups attached to an aromatic ring is 1. The molecule has 4 rings (SSSR count). The highest BCUT2D eigenvalue weighted by atomic mass is 35.5. The van der Waals surface area contributed by atoms with E-state index in [1.807, 2.05) is 38.1 Å². The van der Waals surface area contributed by atoms with Gasteiger partial charge < -0.3 is 5.73 Å². The third-order valence-corrected chi connectivity index (χ3v) is 5.13. The summed E-state index contributed by atoms with van der Waals surface area (Å²) in [4.78, 5) is 4.39. The van der Waals surface area contributed by atoms with E-state index < -0.39 is 0 Å². The van der Waals surface area contributed by atoms with Crippen LogP contribution in [-0.2, 0) is 0 Å². The van der Waals surface area contributed by atoms with Crippen LogP contribution in [0.15, 0.2) is 58.8 Å². The van der Waals surface area contributed by atoms with E-state index in [0.29, 0.717) is 32.2 Å².